The van der Waals surface area contributed by atoms with E-state index in [9.17, 15) is 14.4 Å². The number of para-hydroxylation sites is 1. The highest BCUT2D eigenvalue weighted by Gasteiger charge is 2.36. The predicted molar refractivity (Wildman–Crippen MR) is 120 cm³/mol. The van der Waals surface area contributed by atoms with Gasteiger partial charge in [-0.15, -0.1) is 0 Å². The normalized spacial score (nSPS) is 14.6. The summed E-state index contributed by atoms with van der Waals surface area (Å²) in [5, 5.41) is -0.518. The van der Waals surface area contributed by atoms with Crippen LogP contribution in [0.5, 0.6) is 17.2 Å². The molecule has 0 radical (unpaired) electrons. The highest BCUT2D eigenvalue weighted by Crippen LogP contribution is 2.34. The van der Waals surface area contributed by atoms with Gasteiger partial charge in [0.05, 0.1) is 18.6 Å². The van der Waals surface area contributed by atoms with Gasteiger partial charge in [-0.05, 0) is 54.6 Å². The van der Waals surface area contributed by atoms with E-state index in [0.717, 1.165) is 22.4 Å². The molecule has 0 bridgehead atoms. The third kappa shape index (κ3) is 6.04. The number of thioether (sulfide) groups is 1. The Kier molecular flexibility index (Phi) is 8.15. The highest BCUT2D eigenvalue weighted by molar-refractivity contribution is 8.18. The second-order valence-corrected chi connectivity index (χ2v) is 7.49. The van der Waals surface area contributed by atoms with E-state index >= 15 is 0 Å². The molecule has 2 aromatic rings. The fourth-order valence-corrected chi connectivity index (χ4v) is 3.65. The molecule has 0 N–H and O–H groups in total. The summed E-state index contributed by atoms with van der Waals surface area (Å²) in [6.45, 7) is 2.55. The summed E-state index contributed by atoms with van der Waals surface area (Å²) < 4.78 is 21.6. The lowest BCUT2D eigenvalue weighted by Gasteiger charge is -2.13. The molecule has 1 saturated heterocycles. The van der Waals surface area contributed by atoms with Gasteiger partial charge in [0.2, 0.25) is 0 Å². The van der Waals surface area contributed by atoms with Gasteiger partial charge in [0.25, 0.3) is 11.1 Å². The van der Waals surface area contributed by atoms with E-state index in [1.807, 2.05) is 37.3 Å². The fraction of sp³-hybridized carbons (Fsp3) is 0.261. The molecule has 1 aliphatic rings. The Hall–Kier alpha value is -3.46. The monoisotopic (exact) mass is 457 g/mol. The maximum atomic E-state index is 12.5. The highest BCUT2D eigenvalue weighted by atomic mass is 32.2. The number of rotatable bonds is 10. The van der Waals surface area contributed by atoms with Crippen LogP contribution in [-0.2, 0) is 14.3 Å². The molecule has 0 spiro atoms. The van der Waals surface area contributed by atoms with E-state index in [4.69, 9.17) is 14.2 Å². The summed E-state index contributed by atoms with van der Waals surface area (Å²) >= 11 is 0.769. The molecule has 9 heteroatoms. The lowest BCUT2D eigenvalue weighted by Crippen LogP contribution is -2.34. The van der Waals surface area contributed by atoms with Crippen LogP contribution in [0.15, 0.2) is 53.4 Å². The largest absolute Gasteiger partial charge is 0.490 e. The number of hydrogen-bond donors (Lipinski definition) is 0. The van der Waals surface area contributed by atoms with Crippen molar-refractivity contribution in [1.82, 2.24) is 4.90 Å². The molecule has 0 aliphatic carbocycles. The Bertz CT molecular complexity index is 1010. The minimum absolute atomic E-state index is 0.214. The molecule has 32 heavy (non-hydrogen) atoms. The number of ether oxygens (including phenoxy) is 4. The summed E-state index contributed by atoms with van der Waals surface area (Å²) in [5.74, 6) is 0.610. The van der Waals surface area contributed by atoms with Crippen molar-refractivity contribution < 1.29 is 33.3 Å². The predicted octanol–water partition coefficient (Wildman–Crippen LogP) is 3.75. The van der Waals surface area contributed by atoms with E-state index in [1.165, 1.54) is 7.11 Å². The molecule has 1 fully saturated rings. The number of benzene rings is 2. The van der Waals surface area contributed by atoms with Crippen LogP contribution in [0.2, 0.25) is 0 Å². The Morgan fingerprint density at radius 1 is 1.00 bits per heavy atom. The molecule has 1 heterocycles. The molecule has 8 nitrogen and oxygen atoms in total. The van der Waals surface area contributed by atoms with Crippen LogP contribution >= 0.6 is 11.8 Å². The zero-order chi connectivity index (χ0) is 22.9. The Morgan fingerprint density at radius 2 is 1.75 bits per heavy atom. The number of esters is 1. The lowest BCUT2D eigenvalue weighted by atomic mass is 10.2. The molecule has 2 amide bonds. The zero-order valence-corrected chi connectivity index (χ0v) is 18.6. The van der Waals surface area contributed by atoms with Crippen molar-refractivity contribution in [2.24, 2.45) is 0 Å². The Morgan fingerprint density at radius 3 is 2.47 bits per heavy atom. The van der Waals surface area contributed by atoms with Gasteiger partial charge in [0.1, 0.15) is 25.5 Å². The average Bonchev–Trinajstić information content (AvgIpc) is 3.06. The van der Waals surface area contributed by atoms with Crippen molar-refractivity contribution in [1.29, 1.82) is 0 Å². The second-order valence-electron chi connectivity index (χ2n) is 6.49. The van der Waals surface area contributed by atoms with Crippen LogP contribution in [0.3, 0.4) is 0 Å². The number of amides is 2. The van der Waals surface area contributed by atoms with Crippen LogP contribution in [0, 0.1) is 0 Å². The molecule has 2 aromatic carbocycles. The van der Waals surface area contributed by atoms with Crippen LogP contribution in [0.1, 0.15) is 12.5 Å². The quantitative estimate of drug-likeness (QED) is 0.303. The second kappa shape index (κ2) is 11.2. The van der Waals surface area contributed by atoms with Gasteiger partial charge in [-0.2, -0.15) is 0 Å². The van der Waals surface area contributed by atoms with E-state index in [1.54, 1.807) is 24.3 Å². The first-order chi connectivity index (χ1) is 15.5. The molecule has 0 saturated carbocycles. The van der Waals surface area contributed by atoms with E-state index in [-0.39, 0.29) is 4.91 Å². The molecule has 0 unspecified atom stereocenters. The van der Waals surface area contributed by atoms with E-state index in [0.29, 0.717) is 36.9 Å². The summed E-state index contributed by atoms with van der Waals surface area (Å²) in [5.41, 5.74) is 0.657. The van der Waals surface area contributed by atoms with E-state index in [2.05, 4.69) is 4.74 Å². The average molecular weight is 458 g/mol. The molecule has 1 aliphatic heterocycles. The SMILES string of the molecule is CCOc1cc(/C=C2\SC(=O)N(CC(=O)OC)C2=O)ccc1OCCOc1ccccc1. The van der Waals surface area contributed by atoms with Crippen molar-refractivity contribution in [3.05, 3.63) is 59.0 Å². The third-order valence-corrected chi connectivity index (χ3v) is 5.21. The van der Waals surface area contributed by atoms with Crippen LogP contribution in [0.4, 0.5) is 4.79 Å². The van der Waals surface area contributed by atoms with Gasteiger partial charge >= 0.3 is 5.97 Å². The number of carbonyl (C=O) groups excluding carboxylic acids is 3. The summed E-state index contributed by atoms with van der Waals surface area (Å²) in [4.78, 5) is 37.1. The Balaban J connectivity index is 1.66. The molecule has 0 aromatic heterocycles. The van der Waals surface area contributed by atoms with Crippen molar-refractivity contribution in [2.45, 2.75) is 6.92 Å². The van der Waals surface area contributed by atoms with Gasteiger partial charge in [-0.1, -0.05) is 24.3 Å². The minimum Gasteiger partial charge on any atom is -0.490 e. The molecule has 0 atom stereocenters. The van der Waals surface area contributed by atoms with Crippen molar-refractivity contribution in [2.75, 3.05) is 33.5 Å². The van der Waals surface area contributed by atoms with Gasteiger partial charge < -0.3 is 18.9 Å². The number of carbonyl (C=O) groups is 3. The standard InChI is InChI=1S/C23H23NO7S/c1-3-29-19-13-16(14-20-22(26)24(23(27)32-20)15-21(25)28-2)9-10-18(19)31-12-11-30-17-7-5-4-6-8-17/h4-10,13-14H,3,11-12,15H2,1-2H3/b20-14-. The fourth-order valence-electron chi connectivity index (χ4n) is 2.81. The first-order valence-electron chi connectivity index (χ1n) is 9.91. The van der Waals surface area contributed by atoms with Gasteiger partial charge in [0.15, 0.2) is 11.5 Å². The third-order valence-electron chi connectivity index (χ3n) is 4.31. The number of hydrogen-bond acceptors (Lipinski definition) is 8. The topological polar surface area (TPSA) is 91.4 Å². The van der Waals surface area contributed by atoms with Gasteiger partial charge in [0, 0.05) is 0 Å². The first kappa shape index (κ1) is 23.2. The van der Waals surface area contributed by atoms with Crippen molar-refractivity contribution in [3.63, 3.8) is 0 Å². The van der Waals surface area contributed by atoms with Gasteiger partial charge in [-0.3, -0.25) is 19.3 Å². The van der Waals surface area contributed by atoms with Gasteiger partial charge in [-0.25, -0.2) is 0 Å². The summed E-state index contributed by atoms with van der Waals surface area (Å²) in [6, 6.07) is 14.7. The zero-order valence-electron chi connectivity index (χ0n) is 17.7. The number of imide groups is 1. The van der Waals surface area contributed by atoms with Crippen molar-refractivity contribution in [3.8, 4) is 17.2 Å². The molecule has 3 rings (SSSR count). The number of methoxy groups -OCH3 is 1. The van der Waals surface area contributed by atoms with Crippen LogP contribution in [0.25, 0.3) is 6.08 Å². The first-order valence-corrected chi connectivity index (χ1v) is 10.7. The maximum Gasteiger partial charge on any atom is 0.325 e. The summed E-state index contributed by atoms with van der Waals surface area (Å²) in [6.07, 6.45) is 1.58. The maximum absolute atomic E-state index is 12.5. The smallest absolute Gasteiger partial charge is 0.325 e. The van der Waals surface area contributed by atoms with Crippen LogP contribution < -0.4 is 14.2 Å². The number of nitrogens with zero attached hydrogens (tertiary/aromatic N) is 1. The molecular formula is C23H23NO7S. The Labute approximate surface area is 190 Å². The molecule has 168 valence electrons. The van der Waals surface area contributed by atoms with Crippen molar-refractivity contribution >= 4 is 35.0 Å². The van der Waals surface area contributed by atoms with Crippen LogP contribution in [-0.4, -0.2) is 55.5 Å². The molecular weight excluding hydrogens is 434 g/mol. The lowest BCUT2D eigenvalue weighted by molar-refractivity contribution is -0.143. The minimum atomic E-state index is -0.662. The van der Waals surface area contributed by atoms with E-state index < -0.39 is 23.7 Å². The summed E-state index contributed by atoms with van der Waals surface area (Å²) in [7, 11) is 1.20.